The van der Waals surface area contributed by atoms with Gasteiger partial charge in [-0.05, 0) is 18.4 Å². The van der Waals surface area contributed by atoms with Gasteiger partial charge in [-0.2, -0.15) is 0 Å². The second-order valence-electron chi connectivity index (χ2n) is 5.33. The van der Waals surface area contributed by atoms with Crippen molar-refractivity contribution in [1.82, 2.24) is 10.2 Å². The summed E-state index contributed by atoms with van der Waals surface area (Å²) >= 11 is 0. The highest BCUT2D eigenvalue weighted by atomic mass is 16.5. The molecule has 1 aliphatic heterocycles. The minimum Gasteiger partial charge on any atom is -0.380 e. The van der Waals surface area contributed by atoms with Gasteiger partial charge in [0, 0.05) is 33.3 Å². The van der Waals surface area contributed by atoms with Crippen LogP contribution in [0, 0.1) is 5.41 Å². The molecule has 1 unspecified atom stereocenters. The summed E-state index contributed by atoms with van der Waals surface area (Å²) in [7, 11) is 1.82. The zero-order valence-corrected chi connectivity index (χ0v) is 10.7. The Balaban J connectivity index is 2.28. The van der Waals surface area contributed by atoms with Crippen molar-refractivity contribution in [3.63, 3.8) is 0 Å². The summed E-state index contributed by atoms with van der Waals surface area (Å²) < 4.78 is 5.38. The molecule has 0 aliphatic carbocycles. The molecular formula is C12H26N2O. The SMILES string of the molecule is CCNCC(C)(C)CN1CCC(OC)C1. The topological polar surface area (TPSA) is 24.5 Å². The summed E-state index contributed by atoms with van der Waals surface area (Å²) in [6.45, 7) is 12.4. The molecule has 1 aliphatic rings. The Morgan fingerprint density at radius 1 is 1.47 bits per heavy atom. The molecule has 15 heavy (non-hydrogen) atoms. The number of nitrogens with zero attached hydrogens (tertiary/aromatic N) is 1. The van der Waals surface area contributed by atoms with Crippen molar-refractivity contribution >= 4 is 0 Å². The van der Waals surface area contributed by atoms with Gasteiger partial charge in [0.15, 0.2) is 0 Å². The molecule has 1 heterocycles. The monoisotopic (exact) mass is 214 g/mol. The van der Waals surface area contributed by atoms with Crippen LogP contribution in [-0.2, 0) is 4.74 Å². The summed E-state index contributed by atoms with van der Waals surface area (Å²) in [4.78, 5) is 2.52. The van der Waals surface area contributed by atoms with Gasteiger partial charge in [-0.3, -0.25) is 0 Å². The van der Waals surface area contributed by atoms with Gasteiger partial charge in [-0.15, -0.1) is 0 Å². The van der Waals surface area contributed by atoms with Crippen molar-refractivity contribution < 1.29 is 4.74 Å². The van der Waals surface area contributed by atoms with Crippen molar-refractivity contribution in [2.24, 2.45) is 5.41 Å². The third-order valence-corrected chi connectivity index (χ3v) is 3.07. The molecule has 0 spiro atoms. The molecule has 1 N–H and O–H groups in total. The molecule has 1 fully saturated rings. The maximum absolute atomic E-state index is 5.38. The molecule has 1 atom stereocenters. The van der Waals surface area contributed by atoms with Crippen molar-refractivity contribution in [3.05, 3.63) is 0 Å². The van der Waals surface area contributed by atoms with Crippen molar-refractivity contribution in [2.75, 3.05) is 39.8 Å². The predicted octanol–water partition coefficient (Wildman–Crippen LogP) is 1.34. The first-order valence-corrected chi connectivity index (χ1v) is 6.03. The van der Waals surface area contributed by atoms with Crippen LogP contribution in [0.15, 0.2) is 0 Å². The Labute approximate surface area is 94.2 Å². The number of nitrogens with one attached hydrogen (secondary N) is 1. The van der Waals surface area contributed by atoms with E-state index in [9.17, 15) is 0 Å². The fraction of sp³-hybridized carbons (Fsp3) is 1.00. The Morgan fingerprint density at radius 2 is 2.20 bits per heavy atom. The fourth-order valence-electron chi connectivity index (χ4n) is 2.26. The largest absolute Gasteiger partial charge is 0.380 e. The summed E-state index contributed by atoms with van der Waals surface area (Å²) in [5.74, 6) is 0. The maximum Gasteiger partial charge on any atom is 0.0710 e. The third-order valence-electron chi connectivity index (χ3n) is 3.07. The van der Waals surface area contributed by atoms with E-state index in [0.29, 0.717) is 11.5 Å². The van der Waals surface area contributed by atoms with Crippen molar-refractivity contribution in [1.29, 1.82) is 0 Å². The lowest BCUT2D eigenvalue weighted by Gasteiger charge is -2.30. The zero-order valence-electron chi connectivity index (χ0n) is 10.7. The first-order chi connectivity index (χ1) is 7.07. The number of rotatable bonds is 6. The number of ether oxygens (including phenoxy) is 1. The molecule has 0 amide bonds. The van der Waals surface area contributed by atoms with Crippen LogP contribution in [0.4, 0.5) is 0 Å². The van der Waals surface area contributed by atoms with E-state index in [1.807, 2.05) is 7.11 Å². The highest BCUT2D eigenvalue weighted by molar-refractivity contribution is 4.82. The average Bonchev–Trinajstić information content (AvgIpc) is 2.62. The molecule has 0 bridgehead atoms. The van der Waals surface area contributed by atoms with Gasteiger partial charge < -0.3 is 15.0 Å². The zero-order chi connectivity index (χ0) is 11.3. The van der Waals surface area contributed by atoms with Crippen molar-refractivity contribution in [3.8, 4) is 0 Å². The first kappa shape index (κ1) is 12.9. The lowest BCUT2D eigenvalue weighted by molar-refractivity contribution is 0.101. The molecule has 0 radical (unpaired) electrons. The molecule has 3 heteroatoms. The van der Waals surface area contributed by atoms with Crippen molar-refractivity contribution in [2.45, 2.75) is 33.3 Å². The second kappa shape index (κ2) is 5.83. The quantitative estimate of drug-likeness (QED) is 0.722. The Hall–Kier alpha value is -0.120. The molecule has 3 nitrogen and oxygen atoms in total. The molecule has 90 valence electrons. The smallest absolute Gasteiger partial charge is 0.0710 e. The van der Waals surface area contributed by atoms with Gasteiger partial charge in [0.25, 0.3) is 0 Å². The van der Waals surface area contributed by atoms with Crippen LogP contribution in [0.3, 0.4) is 0 Å². The molecule has 1 saturated heterocycles. The summed E-state index contributed by atoms with van der Waals surface area (Å²) in [6.07, 6.45) is 1.65. The summed E-state index contributed by atoms with van der Waals surface area (Å²) in [5, 5.41) is 3.43. The van der Waals surface area contributed by atoms with Gasteiger partial charge in [-0.1, -0.05) is 20.8 Å². The number of methoxy groups -OCH3 is 1. The van der Waals surface area contributed by atoms with E-state index in [1.54, 1.807) is 0 Å². The lowest BCUT2D eigenvalue weighted by atomic mass is 9.93. The van der Waals surface area contributed by atoms with E-state index < -0.39 is 0 Å². The van der Waals surface area contributed by atoms with Gasteiger partial charge in [0.05, 0.1) is 6.10 Å². The van der Waals surface area contributed by atoms with Crippen LogP contribution >= 0.6 is 0 Å². The highest BCUT2D eigenvalue weighted by Gasteiger charge is 2.27. The molecular weight excluding hydrogens is 188 g/mol. The minimum absolute atomic E-state index is 0.360. The predicted molar refractivity (Wildman–Crippen MR) is 64.2 cm³/mol. The van der Waals surface area contributed by atoms with Gasteiger partial charge >= 0.3 is 0 Å². The van der Waals surface area contributed by atoms with Gasteiger partial charge in [0.2, 0.25) is 0 Å². The first-order valence-electron chi connectivity index (χ1n) is 6.03. The number of likely N-dealkylation sites (tertiary alicyclic amines) is 1. The third kappa shape index (κ3) is 4.49. The van der Waals surface area contributed by atoms with E-state index in [0.717, 1.165) is 19.6 Å². The number of hydrogen-bond donors (Lipinski definition) is 1. The standard InChI is InChI=1S/C12H26N2O/c1-5-13-9-12(2,3)10-14-7-6-11(8-14)15-4/h11,13H,5-10H2,1-4H3. The van der Waals surface area contributed by atoms with Gasteiger partial charge in [0.1, 0.15) is 0 Å². The van der Waals surface area contributed by atoms with Crippen LogP contribution in [0.25, 0.3) is 0 Å². The minimum atomic E-state index is 0.360. The van der Waals surface area contributed by atoms with Crippen LogP contribution < -0.4 is 5.32 Å². The molecule has 0 aromatic rings. The Morgan fingerprint density at radius 3 is 2.73 bits per heavy atom. The van der Waals surface area contributed by atoms with E-state index in [4.69, 9.17) is 4.74 Å². The maximum atomic E-state index is 5.38. The van der Waals surface area contributed by atoms with E-state index in [2.05, 4.69) is 31.0 Å². The average molecular weight is 214 g/mol. The van der Waals surface area contributed by atoms with Crippen LogP contribution in [0.5, 0.6) is 0 Å². The van der Waals surface area contributed by atoms with Gasteiger partial charge in [-0.25, -0.2) is 0 Å². The van der Waals surface area contributed by atoms with Crippen LogP contribution in [0.2, 0.25) is 0 Å². The van der Waals surface area contributed by atoms with E-state index in [-0.39, 0.29) is 0 Å². The summed E-state index contributed by atoms with van der Waals surface area (Å²) in [6, 6.07) is 0. The Bertz CT molecular complexity index is 182. The molecule has 0 aromatic heterocycles. The summed E-state index contributed by atoms with van der Waals surface area (Å²) in [5.41, 5.74) is 0.360. The Kier molecular flexibility index (Phi) is 5.03. The second-order valence-corrected chi connectivity index (χ2v) is 5.33. The highest BCUT2D eigenvalue weighted by Crippen LogP contribution is 2.20. The molecule has 0 saturated carbocycles. The van der Waals surface area contributed by atoms with E-state index in [1.165, 1.54) is 19.5 Å². The fourth-order valence-corrected chi connectivity index (χ4v) is 2.26. The lowest BCUT2D eigenvalue weighted by Crippen LogP contribution is -2.40. The van der Waals surface area contributed by atoms with Crippen LogP contribution in [0.1, 0.15) is 27.2 Å². The molecule has 0 aromatic carbocycles. The van der Waals surface area contributed by atoms with Crippen LogP contribution in [-0.4, -0.2) is 50.8 Å². The van der Waals surface area contributed by atoms with E-state index >= 15 is 0 Å². The molecule has 1 rings (SSSR count). The number of hydrogen-bond acceptors (Lipinski definition) is 3. The normalized spacial score (nSPS) is 23.6.